The fourth-order valence-corrected chi connectivity index (χ4v) is 2.33. The van der Waals surface area contributed by atoms with E-state index in [4.69, 9.17) is 0 Å². The summed E-state index contributed by atoms with van der Waals surface area (Å²) >= 11 is 0. The highest BCUT2D eigenvalue weighted by molar-refractivity contribution is 5.50. The average Bonchev–Trinajstić information content (AvgIpc) is 2.33. The molecule has 0 bridgehead atoms. The Balaban J connectivity index is 1.73. The number of nitrogens with one attached hydrogen (secondary N) is 1. The largest absolute Gasteiger partial charge is 0.316 e. The van der Waals surface area contributed by atoms with Crippen LogP contribution in [0.2, 0.25) is 0 Å². The van der Waals surface area contributed by atoms with Crippen molar-refractivity contribution in [2.75, 3.05) is 13.1 Å². The monoisotopic (exact) mass is 243 g/mol. The van der Waals surface area contributed by atoms with E-state index in [-0.39, 0.29) is 0 Å². The van der Waals surface area contributed by atoms with Crippen LogP contribution < -0.4 is 5.32 Å². The van der Waals surface area contributed by atoms with Gasteiger partial charge in [0, 0.05) is 0 Å². The maximum Gasteiger partial charge on any atom is -0.00142 e. The lowest BCUT2D eigenvalue weighted by atomic mass is 9.80. The molecule has 1 nitrogen and oxygen atoms in total. The molecule has 1 aliphatic rings. The maximum absolute atomic E-state index is 3.41. The van der Waals surface area contributed by atoms with Gasteiger partial charge >= 0.3 is 0 Å². The Labute approximate surface area is 111 Å². The molecular weight excluding hydrogens is 218 g/mol. The van der Waals surface area contributed by atoms with Crippen LogP contribution in [0.15, 0.2) is 30.3 Å². The lowest BCUT2D eigenvalue weighted by Crippen LogP contribution is -2.14. The highest BCUT2D eigenvalue weighted by Crippen LogP contribution is 2.36. The molecule has 1 fully saturated rings. The molecule has 0 atom stereocenters. The summed E-state index contributed by atoms with van der Waals surface area (Å²) in [6.45, 7) is 4.42. The van der Waals surface area contributed by atoms with E-state index in [0.29, 0.717) is 0 Å². The van der Waals surface area contributed by atoms with E-state index in [1.165, 1.54) is 36.8 Å². The van der Waals surface area contributed by atoms with Gasteiger partial charge in [-0.25, -0.2) is 0 Å². The molecule has 0 saturated heterocycles. The zero-order valence-corrected chi connectivity index (χ0v) is 11.5. The predicted octanol–water partition coefficient (Wildman–Crippen LogP) is 4.36. The van der Waals surface area contributed by atoms with Gasteiger partial charge in [-0.15, -0.1) is 0 Å². The molecular formula is C17H25N. The number of hydrogen-bond donors (Lipinski definition) is 1. The van der Waals surface area contributed by atoms with Crippen LogP contribution in [0.3, 0.4) is 0 Å². The average molecular weight is 243 g/mol. The molecule has 1 N–H and O–H groups in total. The van der Waals surface area contributed by atoms with Gasteiger partial charge < -0.3 is 5.32 Å². The zero-order chi connectivity index (χ0) is 12.6. The molecule has 0 spiro atoms. The zero-order valence-electron chi connectivity index (χ0n) is 11.5. The predicted molar refractivity (Wildman–Crippen MR) is 79.8 cm³/mol. The van der Waals surface area contributed by atoms with Gasteiger partial charge in [0.2, 0.25) is 0 Å². The fraction of sp³-hybridized carbons (Fsp3) is 0.529. The van der Waals surface area contributed by atoms with Crippen molar-refractivity contribution in [2.45, 2.75) is 44.9 Å². The number of hydrogen-bond acceptors (Lipinski definition) is 1. The van der Waals surface area contributed by atoms with E-state index in [9.17, 15) is 0 Å². The van der Waals surface area contributed by atoms with Crippen molar-refractivity contribution < 1.29 is 0 Å². The van der Waals surface area contributed by atoms with Gasteiger partial charge in [0.05, 0.1) is 0 Å². The summed E-state index contributed by atoms with van der Waals surface area (Å²) in [5.41, 5.74) is 2.86. The molecule has 0 aliphatic heterocycles. The first-order valence-electron chi connectivity index (χ1n) is 7.37. The van der Waals surface area contributed by atoms with Crippen molar-refractivity contribution in [1.82, 2.24) is 5.32 Å². The van der Waals surface area contributed by atoms with Crippen LogP contribution in [0.4, 0.5) is 0 Å². The van der Waals surface area contributed by atoms with Crippen LogP contribution in [0.25, 0.3) is 6.08 Å². The van der Waals surface area contributed by atoms with Gasteiger partial charge in [-0.3, -0.25) is 0 Å². The standard InChI is InChI=1S/C17H25N/c1-2-13-18-14-4-3-6-15-9-11-17(12-10-15)16-7-5-8-16/h3,6,9-12,16,18H,2,4-5,7-8,13-14H2,1H3/b6-3+. The Bertz CT molecular complexity index is 360. The van der Waals surface area contributed by atoms with Gasteiger partial charge in [-0.1, -0.05) is 49.8 Å². The van der Waals surface area contributed by atoms with Gasteiger partial charge in [-0.05, 0) is 55.8 Å². The fourth-order valence-electron chi connectivity index (χ4n) is 2.33. The summed E-state index contributed by atoms with van der Waals surface area (Å²) in [6, 6.07) is 9.12. The molecule has 18 heavy (non-hydrogen) atoms. The molecule has 1 aliphatic carbocycles. The lowest BCUT2D eigenvalue weighted by molar-refractivity contribution is 0.420. The Morgan fingerprint density at radius 3 is 2.56 bits per heavy atom. The SMILES string of the molecule is CCCNCC/C=C/c1ccc(C2CCC2)cc1. The van der Waals surface area contributed by atoms with Crippen molar-refractivity contribution in [3.63, 3.8) is 0 Å². The quantitative estimate of drug-likeness (QED) is 0.702. The van der Waals surface area contributed by atoms with Crippen molar-refractivity contribution in [3.8, 4) is 0 Å². The minimum atomic E-state index is 0.848. The number of benzene rings is 1. The molecule has 0 radical (unpaired) electrons. The third-order valence-electron chi connectivity index (χ3n) is 3.74. The summed E-state index contributed by atoms with van der Waals surface area (Å²) in [6.07, 6.45) is 11.0. The molecule has 0 unspecified atom stereocenters. The van der Waals surface area contributed by atoms with Gasteiger partial charge in [0.15, 0.2) is 0 Å². The van der Waals surface area contributed by atoms with Gasteiger partial charge in [-0.2, -0.15) is 0 Å². The summed E-state index contributed by atoms with van der Waals surface area (Å²) in [5, 5.41) is 3.41. The van der Waals surface area contributed by atoms with E-state index in [1.54, 1.807) is 0 Å². The van der Waals surface area contributed by atoms with Gasteiger partial charge in [0.25, 0.3) is 0 Å². The maximum atomic E-state index is 3.41. The van der Waals surface area contributed by atoms with E-state index in [2.05, 4.69) is 48.7 Å². The van der Waals surface area contributed by atoms with Crippen LogP contribution in [-0.2, 0) is 0 Å². The van der Waals surface area contributed by atoms with Crippen molar-refractivity contribution >= 4 is 6.08 Å². The highest BCUT2D eigenvalue weighted by Gasteiger charge is 2.18. The molecule has 1 saturated carbocycles. The normalized spacial score (nSPS) is 16.1. The summed E-state index contributed by atoms with van der Waals surface area (Å²) in [5.74, 6) is 0.848. The topological polar surface area (TPSA) is 12.0 Å². The molecule has 0 amide bonds. The molecule has 1 aromatic carbocycles. The third-order valence-corrected chi connectivity index (χ3v) is 3.74. The number of rotatable bonds is 7. The molecule has 2 rings (SSSR count). The first kappa shape index (κ1) is 13.4. The molecule has 98 valence electrons. The first-order valence-corrected chi connectivity index (χ1v) is 7.37. The smallest absolute Gasteiger partial charge is 0.00142 e. The Hall–Kier alpha value is -1.08. The van der Waals surface area contributed by atoms with Crippen molar-refractivity contribution in [3.05, 3.63) is 41.5 Å². The Kier molecular flexibility index (Phi) is 5.47. The van der Waals surface area contributed by atoms with Gasteiger partial charge in [0.1, 0.15) is 0 Å². The third kappa shape index (κ3) is 3.99. The lowest BCUT2D eigenvalue weighted by Gasteiger charge is -2.25. The van der Waals surface area contributed by atoms with Crippen LogP contribution in [0.5, 0.6) is 0 Å². The van der Waals surface area contributed by atoms with Crippen LogP contribution >= 0.6 is 0 Å². The van der Waals surface area contributed by atoms with E-state index in [0.717, 1.165) is 25.4 Å². The van der Waals surface area contributed by atoms with Crippen molar-refractivity contribution in [1.29, 1.82) is 0 Å². The van der Waals surface area contributed by atoms with E-state index >= 15 is 0 Å². The Morgan fingerprint density at radius 1 is 1.17 bits per heavy atom. The van der Waals surface area contributed by atoms with Crippen LogP contribution in [-0.4, -0.2) is 13.1 Å². The van der Waals surface area contributed by atoms with Crippen LogP contribution in [0.1, 0.15) is 56.1 Å². The van der Waals surface area contributed by atoms with Crippen LogP contribution in [0, 0.1) is 0 Å². The minimum Gasteiger partial charge on any atom is -0.316 e. The minimum absolute atomic E-state index is 0.848. The van der Waals surface area contributed by atoms with Crippen molar-refractivity contribution in [2.24, 2.45) is 0 Å². The summed E-state index contributed by atoms with van der Waals surface area (Å²) in [7, 11) is 0. The first-order chi connectivity index (χ1) is 8.90. The molecule has 1 aromatic rings. The van der Waals surface area contributed by atoms with E-state index < -0.39 is 0 Å². The second-order valence-electron chi connectivity index (χ2n) is 5.24. The molecule has 1 heteroatoms. The second-order valence-corrected chi connectivity index (χ2v) is 5.24. The molecule has 0 aromatic heterocycles. The van der Waals surface area contributed by atoms with E-state index in [1.807, 2.05) is 0 Å². The highest BCUT2D eigenvalue weighted by atomic mass is 14.8. The molecule has 0 heterocycles. The second kappa shape index (κ2) is 7.38. The summed E-state index contributed by atoms with van der Waals surface area (Å²) < 4.78 is 0. The Morgan fingerprint density at radius 2 is 1.94 bits per heavy atom. The summed E-state index contributed by atoms with van der Waals surface area (Å²) in [4.78, 5) is 0.